The molecule has 1 amide bonds. The van der Waals surface area contributed by atoms with E-state index in [9.17, 15) is 10.1 Å². The first-order valence-corrected chi connectivity index (χ1v) is 10.6. The highest BCUT2D eigenvalue weighted by Gasteiger charge is 2.10. The Labute approximate surface area is 195 Å². The Bertz CT molecular complexity index is 1500. The molecule has 2 N–H and O–H groups in total. The maximum atomic E-state index is 12.3. The Kier molecular flexibility index (Phi) is 5.65. The van der Waals surface area contributed by atoms with Crippen LogP contribution in [0.2, 0.25) is 0 Å². The van der Waals surface area contributed by atoms with Gasteiger partial charge in [-0.25, -0.2) is 4.52 Å². The third-order valence-electron chi connectivity index (χ3n) is 5.19. The van der Waals surface area contributed by atoms with Crippen LogP contribution in [0.15, 0.2) is 91.3 Å². The van der Waals surface area contributed by atoms with E-state index >= 15 is 0 Å². The molecule has 8 nitrogen and oxygen atoms in total. The van der Waals surface area contributed by atoms with Gasteiger partial charge in [0.1, 0.15) is 6.07 Å². The van der Waals surface area contributed by atoms with Crippen molar-refractivity contribution in [2.24, 2.45) is 0 Å². The molecule has 164 valence electrons. The molecule has 0 saturated heterocycles. The second-order valence-electron chi connectivity index (χ2n) is 7.58. The van der Waals surface area contributed by atoms with Crippen molar-refractivity contribution in [3.8, 4) is 17.3 Å². The largest absolute Gasteiger partial charge is 0.326 e. The third-order valence-corrected chi connectivity index (χ3v) is 5.19. The number of para-hydroxylation sites is 1. The topological polar surface area (TPSA) is 108 Å². The summed E-state index contributed by atoms with van der Waals surface area (Å²) >= 11 is 0. The first kappa shape index (κ1) is 20.8. The molecule has 5 aromatic rings. The standard InChI is InChI=1S/C26H19N7O/c27-15-20-8-4-5-9-22(20)30-26-31-24-16-28-23(17-33(24)32-26)19-10-12-21(13-11-19)29-25(34)14-18-6-2-1-3-7-18/h1-13,16-17H,14H2,(H,29,34)(H,30,32). The number of fused-ring (bicyclic) bond motifs is 1. The Morgan fingerprint density at radius 3 is 2.53 bits per heavy atom. The van der Waals surface area contributed by atoms with Gasteiger partial charge in [0.2, 0.25) is 11.9 Å². The third kappa shape index (κ3) is 4.59. The van der Waals surface area contributed by atoms with E-state index in [0.29, 0.717) is 40.6 Å². The van der Waals surface area contributed by atoms with Crippen molar-refractivity contribution >= 4 is 28.9 Å². The van der Waals surface area contributed by atoms with Gasteiger partial charge in [0.15, 0.2) is 5.65 Å². The smallest absolute Gasteiger partial charge is 0.247 e. The lowest BCUT2D eigenvalue weighted by molar-refractivity contribution is -0.115. The number of nitriles is 1. The lowest BCUT2D eigenvalue weighted by Gasteiger charge is -2.07. The van der Waals surface area contributed by atoms with Gasteiger partial charge in [-0.3, -0.25) is 9.78 Å². The van der Waals surface area contributed by atoms with Gasteiger partial charge in [0.25, 0.3) is 0 Å². The van der Waals surface area contributed by atoms with Gasteiger partial charge in [-0.05, 0) is 29.8 Å². The number of nitrogens with zero attached hydrogens (tertiary/aromatic N) is 5. The monoisotopic (exact) mass is 445 g/mol. The van der Waals surface area contributed by atoms with E-state index in [1.54, 1.807) is 35.1 Å². The fourth-order valence-electron chi connectivity index (χ4n) is 3.52. The first-order valence-electron chi connectivity index (χ1n) is 10.6. The zero-order chi connectivity index (χ0) is 23.3. The minimum absolute atomic E-state index is 0.0703. The zero-order valence-corrected chi connectivity index (χ0v) is 18.0. The molecule has 3 aromatic carbocycles. The molecule has 0 aliphatic rings. The number of carbonyl (C=O) groups is 1. The van der Waals surface area contributed by atoms with E-state index in [0.717, 1.165) is 11.1 Å². The van der Waals surface area contributed by atoms with Gasteiger partial charge in [-0.1, -0.05) is 54.6 Å². The van der Waals surface area contributed by atoms with Gasteiger partial charge >= 0.3 is 0 Å². The molecule has 2 aromatic heterocycles. The molecule has 5 rings (SSSR count). The summed E-state index contributed by atoms with van der Waals surface area (Å²) in [5, 5.41) is 19.7. The number of amides is 1. The number of rotatable bonds is 6. The highest BCUT2D eigenvalue weighted by atomic mass is 16.1. The van der Waals surface area contributed by atoms with Crippen LogP contribution in [0.1, 0.15) is 11.1 Å². The Morgan fingerprint density at radius 2 is 1.74 bits per heavy atom. The van der Waals surface area contributed by atoms with Crippen molar-refractivity contribution in [3.05, 3.63) is 102 Å². The van der Waals surface area contributed by atoms with Crippen LogP contribution in [0, 0.1) is 11.3 Å². The van der Waals surface area contributed by atoms with Crippen LogP contribution in [0.5, 0.6) is 0 Å². The quantitative estimate of drug-likeness (QED) is 0.396. The Hall–Kier alpha value is -5.03. The van der Waals surface area contributed by atoms with Crippen LogP contribution in [0.25, 0.3) is 16.9 Å². The van der Waals surface area contributed by atoms with E-state index in [-0.39, 0.29) is 5.91 Å². The number of carbonyl (C=O) groups excluding carboxylic acids is 1. The fraction of sp³-hybridized carbons (Fsp3) is 0.0385. The van der Waals surface area contributed by atoms with Crippen LogP contribution in [-0.4, -0.2) is 25.5 Å². The molecule has 0 aliphatic carbocycles. The molecular weight excluding hydrogens is 426 g/mol. The molecule has 0 aliphatic heterocycles. The summed E-state index contributed by atoms with van der Waals surface area (Å²) in [5.41, 5.74) is 4.99. The lowest BCUT2D eigenvalue weighted by atomic mass is 10.1. The predicted molar refractivity (Wildman–Crippen MR) is 129 cm³/mol. The summed E-state index contributed by atoms with van der Waals surface area (Å²) in [7, 11) is 0. The van der Waals surface area contributed by atoms with Gasteiger partial charge in [-0.15, -0.1) is 5.10 Å². The second kappa shape index (κ2) is 9.22. The van der Waals surface area contributed by atoms with Crippen molar-refractivity contribution < 1.29 is 4.79 Å². The molecule has 0 radical (unpaired) electrons. The van der Waals surface area contributed by atoms with Crippen molar-refractivity contribution in [2.75, 3.05) is 10.6 Å². The molecule has 0 spiro atoms. The number of benzene rings is 3. The second-order valence-corrected chi connectivity index (χ2v) is 7.58. The average Bonchev–Trinajstić information content (AvgIpc) is 3.27. The predicted octanol–water partition coefficient (Wildman–Crippen LogP) is 4.59. The van der Waals surface area contributed by atoms with Crippen LogP contribution >= 0.6 is 0 Å². The summed E-state index contributed by atoms with van der Waals surface area (Å²) in [4.78, 5) is 21.2. The number of anilines is 3. The maximum absolute atomic E-state index is 12.3. The zero-order valence-electron chi connectivity index (χ0n) is 18.0. The molecule has 0 atom stereocenters. The van der Waals surface area contributed by atoms with E-state index in [2.05, 4.69) is 31.8 Å². The maximum Gasteiger partial charge on any atom is 0.247 e. The Morgan fingerprint density at radius 1 is 0.971 bits per heavy atom. The van der Waals surface area contributed by atoms with Crippen molar-refractivity contribution in [3.63, 3.8) is 0 Å². The molecule has 8 heteroatoms. The van der Waals surface area contributed by atoms with Crippen molar-refractivity contribution in [2.45, 2.75) is 6.42 Å². The van der Waals surface area contributed by atoms with Crippen molar-refractivity contribution in [1.82, 2.24) is 19.6 Å². The van der Waals surface area contributed by atoms with Crippen LogP contribution < -0.4 is 10.6 Å². The molecular formula is C26H19N7O. The molecule has 2 heterocycles. The molecule has 0 bridgehead atoms. The van der Waals surface area contributed by atoms with Gasteiger partial charge in [0, 0.05) is 11.3 Å². The number of aromatic nitrogens is 4. The van der Waals surface area contributed by atoms with E-state index < -0.39 is 0 Å². The highest BCUT2D eigenvalue weighted by molar-refractivity contribution is 5.92. The minimum Gasteiger partial charge on any atom is -0.326 e. The summed E-state index contributed by atoms with van der Waals surface area (Å²) in [6.07, 6.45) is 3.74. The molecule has 0 saturated carbocycles. The summed E-state index contributed by atoms with van der Waals surface area (Å²) in [6, 6.07) is 26.4. The SMILES string of the molecule is N#Cc1ccccc1Nc1nc2cnc(-c3ccc(NC(=O)Cc4ccccc4)cc3)cn2n1. The molecule has 0 fully saturated rings. The van der Waals surface area contributed by atoms with Crippen LogP contribution in [0.4, 0.5) is 17.3 Å². The lowest BCUT2D eigenvalue weighted by Crippen LogP contribution is -2.14. The van der Waals surface area contributed by atoms with Gasteiger partial charge in [-0.2, -0.15) is 10.2 Å². The summed E-state index contributed by atoms with van der Waals surface area (Å²) in [5.74, 6) is 0.303. The van der Waals surface area contributed by atoms with E-state index in [4.69, 9.17) is 0 Å². The molecule has 0 unspecified atom stereocenters. The van der Waals surface area contributed by atoms with Crippen LogP contribution in [0.3, 0.4) is 0 Å². The molecule has 34 heavy (non-hydrogen) atoms. The number of hydrogen-bond acceptors (Lipinski definition) is 6. The Balaban J connectivity index is 1.30. The van der Waals surface area contributed by atoms with E-state index in [1.807, 2.05) is 60.7 Å². The first-order chi connectivity index (χ1) is 16.7. The fourth-order valence-corrected chi connectivity index (χ4v) is 3.52. The minimum atomic E-state index is -0.0703. The highest BCUT2D eigenvalue weighted by Crippen LogP contribution is 2.22. The van der Waals surface area contributed by atoms with Gasteiger partial charge < -0.3 is 10.6 Å². The normalized spacial score (nSPS) is 10.6. The number of hydrogen-bond donors (Lipinski definition) is 2. The average molecular weight is 445 g/mol. The van der Waals surface area contributed by atoms with E-state index in [1.165, 1.54) is 0 Å². The number of nitrogens with one attached hydrogen (secondary N) is 2. The van der Waals surface area contributed by atoms with Crippen LogP contribution in [-0.2, 0) is 11.2 Å². The summed E-state index contributed by atoms with van der Waals surface area (Å²) in [6.45, 7) is 0. The summed E-state index contributed by atoms with van der Waals surface area (Å²) < 4.78 is 1.63. The van der Waals surface area contributed by atoms with Crippen molar-refractivity contribution in [1.29, 1.82) is 5.26 Å². The van der Waals surface area contributed by atoms with Gasteiger partial charge in [0.05, 0.1) is 35.8 Å².